The third-order valence-corrected chi connectivity index (χ3v) is 3.64. The number of amides is 1. The van der Waals surface area contributed by atoms with Crippen molar-refractivity contribution in [2.24, 2.45) is 0 Å². The molecule has 0 atom stereocenters. The van der Waals surface area contributed by atoms with Crippen molar-refractivity contribution in [1.82, 2.24) is 15.2 Å². The highest BCUT2D eigenvalue weighted by atomic mass is 19.1. The van der Waals surface area contributed by atoms with Gasteiger partial charge in [0.2, 0.25) is 0 Å². The maximum atomic E-state index is 13.2. The third-order valence-electron chi connectivity index (χ3n) is 3.64. The minimum Gasteiger partial charge on any atom is -0.350 e. The third kappa shape index (κ3) is 2.10. The number of H-pyrrole nitrogens is 1. The van der Waals surface area contributed by atoms with Crippen molar-refractivity contribution >= 4 is 16.8 Å². The van der Waals surface area contributed by atoms with E-state index < -0.39 is 0 Å². The summed E-state index contributed by atoms with van der Waals surface area (Å²) in [5.41, 5.74) is 2.14. The van der Waals surface area contributed by atoms with Crippen LogP contribution in [0, 0.1) is 12.7 Å². The molecule has 100 valence electrons. The highest BCUT2D eigenvalue weighted by molar-refractivity contribution is 6.00. The van der Waals surface area contributed by atoms with E-state index in [0.29, 0.717) is 24.3 Å². The number of nitrogens with one attached hydrogen (secondary N) is 2. The molecule has 1 aliphatic heterocycles. The van der Waals surface area contributed by atoms with Gasteiger partial charge in [-0.15, -0.1) is 0 Å². The molecule has 0 aliphatic carbocycles. The molecule has 2 aromatic rings. The van der Waals surface area contributed by atoms with Gasteiger partial charge in [-0.2, -0.15) is 0 Å². The Morgan fingerprint density at radius 3 is 2.79 bits per heavy atom. The van der Waals surface area contributed by atoms with Crippen LogP contribution >= 0.6 is 0 Å². The van der Waals surface area contributed by atoms with Gasteiger partial charge in [-0.05, 0) is 30.7 Å². The molecule has 0 spiro atoms. The maximum absolute atomic E-state index is 13.2. The summed E-state index contributed by atoms with van der Waals surface area (Å²) in [7, 11) is 0. The largest absolute Gasteiger partial charge is 0.350 e. The number of hydrogen-bond acceptors (Lipinski definition) is 2. The fourth-order valence-electron chi connectivity index (χ4n) is 2.55. The van der Waals surface area contributed by atoms with Gasteiger partial charge in [-0.1, -0.05) is 0 Å². The number of benzene rings is 1. The van der Waals surface area contributed by atoms with Crippen molar-refractivity contribution in [2.45, 2.75) is 6.92 Å². The van der Waals surface area contributed by atoms with Crippen LogP contribution in [-0.2, 0) is 0 Å². The Labute approximate surface area is 110 Å². The molecule has 19 heavy (non-hydrogen) atoms. The zero-order valence-corrected chi connectivity index (χ0v) is 10.8. The van der Waals surface area contributed by atoms with Gasteiger partial charge in [0, 0.05) is 37.1 Å². The van der Waals surface area contributed by atoms with Crippen LogP contribution in [0.4, 0.5) is 4.39 Å². The van der Waals surface area contributed by atoms with E-state index in [2.05, 4.69) is 10.3 Å². The molecule has 1 aliphatic rings. The van der Waals surface area contributed by atoms with E-state index in [1.54, 1.807) is 6.07 Å². The molecule has 1 fully saturated rings. The molecule has 1 saturated heterocycles. The van der Waals surface area contributed by atoms with Crippen LogP contribution < -0.4 is 5.32 Å². The predicted octanol–water partition coefficient (Wildman–Crippen LogP) is 1.66. The number of carbonyl (C=O) groups is 1. The van der Waals surface area contributed by atoms with E-state index in [1.807, 2.05) is 11.8 Å². The van der Waals surface area contributed by atoms with Gasteiger partial charge in [0.05, 0.1) is 0 Å². The van der Waals surface area contributed by atoms with Gasteiger partial charge in [-0.25, -0.2) is 4.39 Å². The Morgan fingerprint density at radius 1 is 1.32 bits per heavy atom. The Bertz CT molecular complexity index is 629. The summed E-state index contributed by atoms with van der Waals surface area (Å²) in [6.45, 7) is 4.95. The molecule has 2 heterocycles. The number of nitrogens with zero attached hydrogens (tertiary/aromatic N) is 1. The lowest BCUT2D eigenvalue weighted by Gasteiger charge is -2.27. The molecule has 0 radical (unpaired) electrons. The number of fused-ring (bicyclic) bond motifs is 1. The van der Waals surface area contributed by atoms with E-state index in [-0.39, 0.29) is 11.7 Å². The topological polar surface area (TPSA) is 48.1 Å². The minimum absolute atomic E-state index is 0.00407. The SMILES string of the molecule is Cc1c(C(=O)N2CCNCC2)[nH]c2cc(F)ccc12. The smallest absolute Gasteiger partial charge is 0.270 e. The Hall–Kier alpha value is -1.88. The average molecular weight is 261 g/mol. The second-order valence-electron chi connectivity index (χ2n) is 4.86. The van der Waals surface area contributed by atoms with Crippen LogP contribution in [0.3, 0.4) is 0 Å². The minimum atomic E-state index is -0.296. The first kappa shape index (κ1) is 12.2. The van der Waals surface area contributed by atoms with Crippen molar-refractivity contribution in [2.75, 3.05) is 26.2 Å². The van der Waals surface area contributed by atoms with Crippen LogP contribution in [-0.4, -0.2) is 42.0 Å². The first-order valence-corrected chi connectivity index (χ1v) is 6.44. The lowest BCUT2D eigenvalue weighted by Crippen LogP contribution is -2.46. The van der Waals surface area contributed by atoms with Crippen molar-refractivity contribution in [1.29, 1.82) is 0 Å². The Morgan fingerprint density at radius 2 is 2.05 bits per heavy atom. The number of halogens is 1. The summed E-state index contributed by atoms with van der Waals surface area (Å²) in [6.07, 6.45) is 0. The van der Waals surface area contributed by atoms with Crippen LogP contribution in [0.15, 0.2) is 18.2 Å². The highest BCUT2D eigenvalue weighted by Crippen LogP contribution is 2.23. The average Bonchev–Trinajstić information content (AvgIpc) is 2.75. The van der Waals surface area contributed by atoms with E-state index in [4.69, 9.17) is 0 Å². The number of hydrogen-bond donors (Lipinski definition) is 2. The summed E-state index contributed by atoms with van der Waals surface area (Å²) >= 11 is 0. The van der Waals surface area contributed by atoms with Gasteiger partial charge in [0.15, 0.2) is 0 Å². The molecular formula is C14H16FN3O. The Balaban J connectivity index is 2.00. The second kappa shape index (κ2) is 4.66. The molecule has 5 heteroatoms. The summed E-state index contributed by atoms with van der Waals surface area (Å²) in [6, 6.07) is 4.56. The number of piperazine rings is 1. The second-order valence-corrected chi connectivity index (χ2v) is 4.86. The van der Waals surface area contributed by atoms with Gasteiger partial charge in [0.1, 0.15) is 11.5 Å². The highest BCUT2D eigenvalue weighted by Gasteiger charge is 2.22. The molecule has 3 rings (SSSR count). The van der Waals surface area contributed by atoms with Gasteiger partial charge in [0.25, 0.3) is 5.91 Å². The van der Waals surface area contributed by atoms with Crippen molar-refractivity contribution in [3.63, 3.8) is 0 Å². The number of aromatic nitrogens is 1. The normalized spacial score (nSPS) is 16.0. The van der Waals surface area contributed by atoms with Gasteiger partial charge >= 0.3 is 0 Å². The molecule has 1 amide bonds. The van der Waals surface area contributed by atoms with Crippen LogP contribution in [0.5, 0.6) is 0 Å². The predicted molar refractivity (Wildman–Crippen MR) is 71.8 cm³/mol. The Kier molecular flexibility index (Phi) is 2.98. The zero-order chi connectivity index (χ0) is 13.4. The van der Waals surface area contributed by atoms with E-state index in [9.17, 15) is 9.18 Å². The van der Waals surface area contributed by atoms with Crippen molar-refractivity contribution < 1.29 is 9.18 Å². The fraction of sp³-hybridized carbons (Fsp3) is 0.357. The zero-order valence-electron chi connectivity index (χ0n) is 10.8. The molecule has 2 N–H and O–H groups in total. The standard InChI is InChI=1S/C14H16FN3O/c1-9-11-3-2-10(15)8-12(11)17-13(9)14(19)18-6-4-16-5-7-18/h2-3,8,16-17H,4-7H2,1H3. The summed E-state index contributed by atoms with van der Waals surface area (Å²) < 4.78 is 13.2. The van der Waals surface area contributed by atoms with Crippen LogP contribution in [0.1, 0.15) is 16.1 Å². The molecular weight excluding hydrogens is 245 g/mol. The van der Waals surface area contributed by atoms with Crippen molar-refractivity contribution in [3.8, 4) is 0 Å². The van der Waals surface area contributed by atoms with E-state index in [0.717, 1.165) is 24.0 Å². The molecule has 1 aromatic heterocycles. The summed E-state index contributed by atoms with van der Waals surface area (Å²) in [5, 5.41) is 4.12. The molecule has 0 saturated carbocycles. The van der Waals surface area contributed by atoms with Crippen molar-refractivity contribution in [3.05, 3.63) is 35.3 Å². The lowest BCUT2D eigenvalue weighted by atomic mass is 10.1. The van der Waals surface area contributed by atoms with E-state index >= 15 is 0 Å². The lowest BCUT2D eigenvalue weighted by molar-refractivity contribution is 0.0730. The molecule has 4 nitrogen and oxygen atoms in total. The van der Waals surface area contributed by atoms with E-state index in [1.165, 1.54) is 12.1 Å². The number of aromatic amines is 1. The molecule has 1 aromatic carbocycles. The maximum Gasteiger partial charge on any atom is 0.270 e. The number of aryl methyl sites for hydroxylation is 1. The number of carbonyl (C=O) groups excluding carboxylic acids is 1. The fourth-order valence-corrected chi connectivity index (χ4v) is 2.55. The molecule has 0 unspecified atom stereocenters. The first-order valence-electron chi connectivity index (χ1n) is 6.44. The monoisotopic (exact) mass is 261 g/mol. The quantitative estimate of drug-likeness (QED) is 0.820. The summed E-state index contributed by atoms with van der Waals surface area (Å²) in [4.78, 5) is 17.3. The number of rotatable bonds is 1. The van der Waals surface area contributed by atoms with Gasteiger partial charge in [-0.3, -0.25) is 4.79 Å². The van der Waals surface area contributed by atoms with Crippen LogP contribution in [0.2, 0.25) is 0 Å². The van der Waals surface area contributed by atoms with Gasteiger partial charge < -0.3 is 15.2 Å². The molecule has 0 bridgehead atoms. The summed E-state index contributed by atoms with van der Waals surface area (Å²) in [5.74, 6) is -0.300. The first-order chi connectivity index (χ1) is 9.16. The van der Waals surface area contributed by atoms with Crippen LogP contribution in [0.25, 0.3) is 10.9 Å².